The molecule has 0 fully saturated rings. The Hall–Kier alpha value is -4.15. The van der Waals surface area contributed by atoms with Crippen LogP contribution in [0.4, 0.5) is 24.5 Å². The van der Waals surface area contributed by atoms with Crippen LogP contribution in [-0.2, 0) is 17.5 Å². The fourth-order valence-corrected chi connectivity index (χ4v) is 3.17. The molecule has 1 aromatic heterocycles. The van der Waals surface area contributed by atoms with E-state index < -0.39 is 40.7 Å². The molecule has 0 aliphatic rings. The van der Waals surface area contributed by atoms with Gasteiger partial charge in [-0.1, -0.05) is 12.1 Å². The van der Waals surface area contributed by atoms with Gasteiger partial charge in [-0.15, -0.1) is 0 Å². The summed E-state index contributed by atoms with van der Waals surface area (Å²) >= 11 is 0. The minimum Gasteiger partial charge on any atom is -0.467 e. The molecule has 0 bridgehead atoms. The van der Waals surface area contributed by atoms with Crippen LogP contribution in [0.2, 0.25) is 0 Å². The van der Waals surface area contributed by atoms with Gasteiger partial charge in [0.1, 0.15) is 12.3 Å². The number of nitro benzene ring substituents is 1. The first-order valence-electron chi connectivity index (χ1n) is 9.59. The highest BCUT2D eigenvalue weighted by Crippen LogP contribution is 2.34. The normalized spacial score (nSPS) is 11.2. The van der Waals surface area contributed by atoms with E-state index in [-0.39, 0.29) is 23.4 Å². The number of carbonyl (C=O) groups excluding carboxylic acids is 2. The summed E-state index contributed by atoms with van der Waals surface area (Å²) in [5, 5.41) is 13.2. The monoisotopic (exact) mass is 461 g/mol. The lowest BCUT2D eigenvalue weighted by Gasteiger charge is -2.22. The Labute approximate surface area is 185 Å². The highest BCUT2D eigenvalue weighted by Gasteiger charge is 2.33. The summed E-state index contributed by atoms with van der Waals surface area (Å²) in [5.41, 5.74) is -1.31. The molecule has 3 rings (SSSR count). The molecule has 2 amide bonds. The number of nitrogens with zero attached hydrogens (tertiary/aromatic N) is 2. The number of aryl methyl sites for hydroxylation is 1. The van der Waals surface area contributed by atoms with Gasteiger partial charge in [-0.2, -0.15) is 13.2 Å². The molecule has 0 atom stereocenters. The number of nitro groups is 1. The van der Waals surface area contributed by atoms with Gasteiger partial charge < -0.3 is 14.6 Å². The molecule has 1 N–H and O–H groups in total. The Morgan fingerprint density at radius 1 is 1.12 bits per heavy atom. The lowest BCUT2D eigenvalue weighted by atomic mass is 10.1. The van der Waals surface area contributed by atoms with Gasteiger partial charge in [0.2, 0.25) is 5.91 Å². The van der Waals surface area contributed by atoms with E-state index in [0.717, 1.165) is 17.0 Å². The van der Waals surface area contributed by atoms with Crippen LogP contribution in [0, 0.1) is 17.0 Å². The van der Waals surface area contributed by atoms with Crippen LogP contribution in [0.25, 0.3) is 0 Å². The molecule has 0 aliphatic heterocycles. The predicted molar refractivity (Wildman–Crippen MR) is 111 cm³/mol. The van der Waals surface area contributed by atoms with Crippen molar-refractivity contribution in [2.24, 2.45) is 0 Å². The second kappa shape index (κ2) is 9.55. The van der Waals surface area contributed by atoms with Gasteiger partial charge in [-0.05, 0) is 43.3 Å². The number of furan rings is 1. The average Bonchev–Trinajstić information content (AvgIpc) is 3.25. The van der Waals surface area contributed by atoms with Crippen LogP contribution in [-0.4, -0.2) is 28.2 Å². The molecule has 2 aromatic carbocycles. The summed E-state index contributed by atoms with van der Waals surface area (Å²) in [5.74, 6) is -1.17. The van der Waals surface area contributed by atoms with E-state index >= 15 is 0 Å². The Bertz CT molecular complexity index is 1180. The van der Waals surface area contributed by atoms with Crippen LogP contribution < -0.4 is 5.32 Å². The van der Waals surface area contributed by atoms with Gasteiger partial charge >= 0.3 is 6.18 Å². The van der Waals surface area contributed by atoms with Gasteiger partial charge in [-0.3, -0.25) is 19.7 Å². The quantitative estimate of drug-likeness (QED) is 0.402. The summed E-state index contributed by atoms with van der Waals surface area (Å²) in [4.78, 5) is 37.2. The topological polar surface area (TPSA) is 106 Å². The van der Waals surface area contributed by atoms with E-state index in [1.807, 2.05) is 0 Å². The highest BCUT2D eigenvalue weighted by atomic mass is 19.4. The van der Waals surface area contributed by atoms with E-state index in [4.69, 9.17) is 4.42 Å². The van der Waals surface area contributed by atoms with Crippen molar-refractivity contribution in [3.05, 3.63) is 93.4 Å². The molecule has 33 heavy (non-hydrogen) atoms. The second-order valence-corrected chi connectivity index (χ2v) is 7.09. The van der Waals surface area contributed by atoms with Crippen molar-refractivity contribution < 1.29 is 32.1 Å². The standard InChI is InChI=1S/C22H18F3N3O5/c1-14-11-15(8-9-19(14)28(31)32)21(30)27(12-16-5-4-10-33-16)13-20(29)26-18-7-3-2-6-17(18)22(23,24)25/h2-11H,12-13H2,1H3,(H,26,29). The molecule has 0 saturated heterocycles. The van der Waals surface area contributed by atoms with Gasteiger partial charge in [-0.25, -0.2) is 0 Å². The Morgan fingerprint density at radius 2 is 1.85 bits per heavy atom. The van der Waals surface area contributed by atoms with Crippen molar-refractivity contribution in [2.45, 2.75) is 19.6 Å². The maximum Gasteiger partial charge on any atom is 0.418 e. The smallest absolute Gasteiger partial charge is 0.418 e. The molecule has 0 saturated carbocycles. The number of halogens is 3. The summed E-state index contributed by atoms with van der Waals surface area (Å²) in [6.45, 7) is 0.741. The molecule has 8 nitrogen and oxygen atoms in total. The first kappa shape index (κ1) is 23.5. The Morgan fingerprint density at radius 3 is 2.45 bits per heavy atom. The zero-order chi connectivity index (χ0) is 24.2. The molecular weight excluding hydrogens is 443 g/mol. The number of hydrogen-bond acceptors (Lipinski definition) is 5. The largest absolute Gasteiger partial charge is 0.467 e. The SMILES string of the molecule is Cc1cc(C(=O)N(CC(=O)Nc2ccccc2C(F)(F)F)Cc2ccco2)ccc1[N+](=O)[O-]. The van der Waals surface area contributed by atoms with Crippen LogP contribution >= 0.6 is 0 Å². The van der Waals surface area contributed by atoms with Crippen molar-refractivity contribution in [1.29, 1.82) is 0 Å². The van der Waals surface area contributed by atoms with Gasteiger partial charge in [0.25, 0.3) is 11.6 Å². The number of hydrogen-bond donors (Lipinski definition) is 1. The van der Waals surface area contributed by atoms with Gasteiger partial charge in [0.05, 0.1) is 29.0 Å². The number of benzene rings is 2. The minimum absolute atomic E-state index is 0.0770. The Balaban J connectivity index is 1.85. The fourth-order valence-electron chi connectivity index (χ4n) is 3.17. The number of rotatable bonds is 7. The molecule has 0 unspecified atom stereocenters. The molecule has 172 valence electrons. The maximum absolute atomic E-state index is 13.2. The number of nitrogens with one attached hydrogen (secondary N) is 1. The highest BCUT2D eigenvalue weighted by molar-refractivity contribution is 5.99. The molecule has 11 heteroatoms. The lowest BCUT2D eigenvalue weighted by Crippen LogP contribution is -2.37. The van der Waals surface area contributed by atoms with Crippen LogP contribution in [0.1, 0.15) is 27.2 Å². The van der Waals surface area contributed by atoms with Crippen molar-refractivity contribution >= 4 is 23.2 Å². The first-order valence-corrected chi connectivity index (χ1v) is 9.59. The second-order valence-electron chi connectivity index (χ2n) is 7.09. The third kappa shape index (κ3) is 5.76. The number of carbonyl (C=O) groups is 2. The van der Waals surface area contributed by atoms with E-state index in [2.05, 4.69) is 5.32 Å². The molecule has 1 heterocycles. The molecule has 0 aliphatic carbocycles. The van der Waals surface area contributed by atoms with E-state index in [1.165, 1.54) is 43.5 Å². The summed E-state index contributed by atoms with van der Waals surface area (Å²) < 4.78 is 44.9. The third-order valence-electron chi connectivity index (χ3n) is 4.70. The Kier molecular flexibility index (Phi) is 6.80. The maximum atomic E-state index is 13.2. The van der Waals surface area contributed by atoms with E-state index in [1.54, 1.807) is 12.1 Å². The van der Waals surface area contributed by atoms with Crippen molar-refractivity contribution in [3.63, 3.8) is 0 Å². The van der Waals surface area contributed by atoms with Crippen LogP contribution in [0.5, 0.6) is 0 Å². The van der Waals surface area contributed by atoms with E-state index in [0.29, 0.717) is 5.76 Å². The molecule has 3 aromatic rings. The van der Waals surface area contributed by atoms with Crippen molar-refractivity contribution in [2.75, 3.05) is 11.9 Å². The molecular formula is C22H18F3N3O5. The third-order valence-corrected chi connectivity index (χ3v) is 4.70. The summed E-state index contributed by atoms with van der Waals surface area (Å²) in [6.07, 6.45) is -3.31. The number of amides is 2. The average molecular weight is 461 g/mol. The lowest BCUT2D eigenvalue weighted by molar-refractivity contribution is -0.385. The number of anilines is 1. The van der Waals surface area contributed by atoms with E-state index in [9.17, 15) is 32.9 Å². The summed E-state index contributed by atoms with van der Waals surface area (Å²) in [6, 6.07) is 11.4. The summed E-state index contributed by atoms with van der Waals surface area (Å²) in [7, 11) is 0. The van der Waals surface area contributed by atoms with Crippen LogP contribution in [0.3, 0.4) is 0 Å². The number of alkyl halides is 3. The van der Waals surface area contributed by atoms with Gasteiger partial charge in [0, 0.05) is 17.2 Å². The molecule has 0 spiro atoms. The zero-order valence-electron chi connectivity index (χ0n) is 17.3. The minimum atomic E-state index is -4.68. The van der Waals surface area contributed by atoms with Gasteiger partial charge in [0.15, 0.2) is 0 Å². The molecule has 0 radical (unpaired) electrons. The first-order chi connectivity index (χ1) is 15.6. The van der Waals surface area contributed by atoms with Crippen molar-refractivity contribution in [1.82, 2.24) is 4.90 Å². The van der Waals surface area contributed by atoms with Crippen LogP contribution in [0.15, 0.2) is 65.3 Å². The number of para-hydroxylation sites is 1. The fraction of sp³-hybridized carbons (Fsp3) is 0.182. The zero-order valence-corrected chi connectivity index (χ0v) is 17.3. The van der Waals surface area contributed by atoms with Crippen molar-refractivity contribution in [3.8, 4) is 0 Å². The predicted octanol–water partition coefficient (Wildman–Crippen LogP) is 4.80.